The lowest BCUT2D eigenvalue weighted by Gasteiger charge is -2.12. The maximum Gasteiger partial charge on any atom is 0.147 e. The Morgan fingerprint density at radius 2 is 1.75 bits per heavy atom. The van der Waals surface area contributed by atoms with Gasteiger partial charge in [0.2, 0.25) is 0 Å². The molecule has 0 saturated heterocycles. The molecular formula is C14H11Br3ClNO. The molecule has 0 unspecified atom stereocenters. The van der Waals surface area contributed by atoms with Crippen molar-refractivity contribution >= 4 is 65.1 Å². The molecule has 0 saturated carbocycles. The van der Waals surface area contributed by atoms with Crippen molar-refractivity contribution < 1.29 is 4.74 Å². The third kappa shape index (κ3) is 4.65. The van der Waals surface area contributed by atoms with Gasteiger partial charge in [-0.25, -0.2) is 0 Å². The van der Waals surface area contributed by atoms with Gasteiger partial charge in [0.05, 0.1) is 8.95 Å². The first-order valence-corrected chi connectivity index (χ1v) is 8.59. The topological polar surface area (TPSA) is 21.3 Å². The molecule has 0 aliphatic heterocycles. The van der Waals surface area contributed by atoms with Gasteiger partial charge in [-0.15, -0.1) is 0 Å². The summed E-state index contributed by atoms with van der Waals surface area (Å²) in [4.78, 5) is 0. The molecule has 0 bridgehead atoms. The lowest BCUT2D eigenvalue weighted by molar-refractivity contribution is 0.328. The van der Waals surface area contributed by atoms with Crippen molar-refractivity contribution in [3.63, 3.8) is 0 Å². The van der Waals surface area contributed by atoms with E-state index in [0.717, 1.165) is 24.9 Å². The summed E-state index contributed by atoms with van der Waals surface area (Å²) in [5, 5.41) is 3.97. The van der Waals surface area contributed by atoms with Crippen LogP contribution >= 0.6 is 59.4 Å². The number of anilines is 1. The number of hydrogen-bond acceptors (Lipinski definition) is 2. The summed E-state index contributed by atoms with van der Waals surface area (Å²) in [6.45, 7) is 1.24. The Hall–Kier alpha value is -0.230. The molecule has 20 heavy (non-hydrogen) atoms. The molecule has 0 aromatic heterocycles. The van der Waals surface area contributed by atoms with Crippen LogP contribution in [0.3, 0.4) is 0 Å². The van der Waals surface area contributed by atoms with Crippen molar-refractivity contribution in [3.05, 3.63) is 54.8 Å². The van der Waals surface area contributed by atoms with Gasteiger partial charge in [-0.1, -0.05) is 33.6 Å². The quantitative estimate of drug-likeness (QED) is 0.517. The van der Waals surface area contributed by atoms with Gasteiger partial charge in [0.1, 0.15) is 12.4 Å². The minimum atomic E-state index is 0.547. The van der Waals surface area contributed by atoms with Crippen molar-refractivity contribution in [3.8, 4) is 5.75 Å². The largest absolute Gasteiger partial charge is 0.489 e. The fourth-order valence-electron chi connectivity index (χ4n) is 1.61. The SMILES string of the molecule is Clc1cccc(NCCOc2c(Br)cc(Br)cc2Br)c1. The van der Waals surface area contributed by atoms with Crippen LogP contribution in [0.4, 0.5) is 5.69 Å². The number of benzene rings is 2. The molecule has 0 aliphatic carbocycles. The van der Waals surface area contributed by atoms with Crippen molar-refractivity contribution in [1.82, 2.24) is 0 Å². The number of halogens is 4. The van der Waals surface area contributed by atoms with Gasteiger partial charge in [-0.2, -0.15) is 0 Å². The number of ether oxygens (including phenoxy) is 1. The van der Waals surface area contributed by atoms with E-state index in [1.165, 1.54) is 0 Å². The third-order valence-electron chi connectivity index (χ3n) is 2.47. The average molecular weight is 484 g/mol. The maximum atomic E-state index is 5.92. The van der Waals surface area contributed by atoms with Gasteiger partial charge < -0.3 is 10.1 Å². The Labute approximate surface area is 148 Å². The zero-order chi connectivity index (χ0) is 14.5. The Morgan fingerprint density at radius 1 is 1.05 bits per heavy atom. The lowest BCUT2D eigenvalue weighted by Crippen LogP contribution is -2.11. The Bertz CT molecular complexity index is 584. The van der Waals surface area contributed by atoms with E-state index >= 15 is 0 Å². The highest BCUT2D eigenvalue weighted by Gasteiger charge is 2.07. The molecule has 0 aliphatic rings. The van der Waals surface area contributed by atoms with Crippen molar-refractivity contribution in [2.24, 2.45) is 0 Å². The molecule has 0 heterocycles. The predicted molar refractivity (Wildman–Crippen MR) is 95.0 cm³/mol. The Balaban J connectivity index is 1.88. The molecule has 106 valence electrons. The normalized spacial score (nSPS) is 10.4. The van der Waals surface area contributed by atoms with Gasteiger partial charge in [-0.3, -0.25) is 0 Å². The van der Waals surface area contributed by atoms with Crippen LogP contribution in [0.15, 0.2) is 49.8 Å². The van der Waals surface area contributed by atoms with Gasteiger partial charge in [0.15, 0.2) is 0 Å². The molecule has 0 atom stereocenters. The minimum Gasteiger partial charge on any atom is -0.489 e. The number of rotatable bonds is 5. The molecule has 0 spiro atoms. The summed E-state index contributed by atoms with van der Waals surface area (Å²) in [6, 6.07) is 11.5. The van der Waals surface area contributed by atoms with E-state index in [4.69, 9.17) is 16.3 Å². The van der Waals surface area contributed by atoms with Crippen LogP contribution in [-0.4, -0.2) is 13.2 Å². The standard InChI is InChI=1S/C14H11Br3ClNO/c15-9-6-12(16)14(13(17)7-9)20-5-4-19-11-3-1-2-10(18)8-11/h1-3,6-8,19H,4-5H2. The van der Waals surface area contributed by atoms with E-state index in [2.05, 4.69) is 53.1 Å². The van der Waals surface area contributed by atoms with Gasteiger partial charge in [0.25, 0.3) is 0 Å². The first kappa shape index (κ1) is 16.1. The summed E-state index contributed by atoms with van der Waals surface area (Å²) < 4.78 is 8.56. The fraction of sp³-hybridized carbons (Fsp3) is 0.143. The predicted octanol–water partition coefficient (Wildman–Crippen LogP) is 6.12. The average Bonchev–Trinajstić information content (AvgIpc) is 2.36. The fourth-order valence-corrected chi connectivity index (χ4v) is 4.29. The molecule has 2 nitrogen and oxygen atoms in total. The molecule has 2 aromatic carbocycles. The molecular weight excluding hydrogens is 473 g/mol. The smallest absolute Gasteiger partial charge is 0.147 e. The summed E-state index contributed by atoms with van der Waals surface area (Å²) in [5.41, 5.74) is 0.982. The summed E-state index contributed by atoms with van der Waals surface area (Å²) in [5.74, 6) is 0.793. The molecule has 0 fully saturated rings. The van der Waals surface area contributed by atoms with Crippen LogP contribution in [0.2, 0.25) is 5.02 Å². The van der Waals surface area contributed by atoms with Crippen LogP contribution in [0.25, 0.3) is 0 Å². The van der Waals surface area contributed by atoms with E-state index in [1.54, 1.807) is 0 Å². The maximum absolute atomic E-state index is 5.92. The van der Waals surface area contributed by atoms with Crippen LogP contribution in [0.1, 0.15) is 0 Å². The Kier molecular flexibility index (Phi) is 6.20. The van der Waals surface area contributed by atoms with Crippen molar-refractivity contribution in [1.29, 1.82) is 0 Å². The second-order valence-corrected chi connectivity index (χ2v) is 7.04. The Morgan fingerprint density at radius 3 is 2.40 bits per heavy atom. The molecule has 0 amide bonds. The zero-order valence-electron chi connectivity index (χ0n) is 10.3. The summed E-state index contributed by atoms with van der Waals surface area (Å²) >= 11 is 16.3. The second-order valence-electron chi connectivity index (χ2n) is 3.98. The van der Waals surface area contributed by atoms with Gasteiger partial charge in [-0.05, 0) is 62.2 Å². The zero-order valence-corrected chi connectivity index (χ0v) is 15.8. The minimum absolute atomic E-state index is 0.547. The lowest BCUT2D eigenvalue weighted by atomic mass is 10.3. The number of hydrogen-bond donors (Lipinski definition) is 1. The van der Waals surface area contributed by atoms with E-state index in [-0.39, 0.29) is 0 Å². The van der Waals surface area contributed by atoms with Crippen LogP contribution in [0, 0.1) is 0 Å². The summed E-state index contributed by atoms with van der Waals surface area (Å²) in [7, 11) is 0. The van der Waals surface area contributed by atoms with E-state index in [1.807, 2.05) is 36.4 Å². The van der Waals surface area contributed by atoms with Crippen LogP contribution < -0.4 is 10.1 Å². The van der Waals surface area contributed by atoms with Crippen molar-refractivity contribution in [2.45, 2.75) is 0 Å². The van der Waals surface area contributed by atoms with Gasteiger partial charge in [0, 0.05) is 21.7 Å². The molecule has 1 N–H and O–H groups in total. The van der Waals surface area contributed by atoms with Crippen LogP contribution in [0.5, 0.6) is 5.75 Å². The molecule has 0 radical (unpaired) electrons. The highest BCUT2D eigenvalue weighted by atomic mass is 79.9. The first-order valence-electron chi connectivity index (χ1n) is 5.83. The monoisotopic (exact) mass is 481 g/mol. The van der Waals surface area contributed by atoms with E-state index in [0.29, 0.717) is 18.2 Å². The van der Waals surface area contributed by atoms with E-state index in [9.17, 15) is 0 Å². The highest BCUT2D eigenvalue weighted by molar-refractivity contribution is 9.11. The molecule has 6 heteroatoms. The van der Waals surface area contributed by atoms with Crippen molar-refractivity contribution in [2.75, 3.05) is 18.5 Å². The highest BCUT2D eigenvalue weighted by Crippen LogP contribution is 2.36. The van der Waals surface area contributed by atoms with E-state index < -0.39 is 0 Å². The van der Waals surface area contributed by atoms with Crippen LogP contribution in [-0.2, 0) is 0 Å². The molecule has 2 aromatic rings. The first-order chi connectivity index (χ1) is 9.56. The third-order valence-corrected chi connectivity index (χ3v) is 4.34. The van der Waals surface area contributed by atoms with Gasteiger partial charge >= 0.3 is 0 Å². The second kappa shape index (κ2) is 7.69. The number of nitrogens with one attached hydrogen (secondary N) is 1. The summed E-state index contributed by atoms with van der Waals surface area (Å²) in [6.07, 6.45) is 0. The molecule has 2 rings (SSSR count).